The van der Waals surface area contributed by atoms with Gasteiger partial charge < -0.3 is 22.8 Å². The van der Waals surface area contributed by atoms with Crippen molar-refractivity contribution < 1.29 is 22.8 Å². The summed E-state index contributed by atoms with van der Waals surface area (Å²) in [7, 11) is -0.775. The van der Waals surface area contributed by atoms with Gasteiger partial charge in [0, 0.05) is 39.6 Å². The van der Waals surface area contributed by atoms with Crippen LogP contribution < -0.4 is 0 Å². The molecule has 0 saturated carbocycles. The summed E-state index contributed by atoms with van der Waals surface area (Å²) in [5.74, 6) is 0. The van der Waals surface area contributed by atoms with Crippen LogP contribution in [0.1, 0.15) is 33.6 Å². The van der Waals surface area contributed by atoms with Gasteiger partial charge in [0.25, 0.3) is 0 Å². The van der Waals surface area contributed by atoms with Crippen molar-refractivity contribution in [2.45, 2.75) is 39.7 Å². The van der Waals surface area contributed by atoms with Crippen molar-refractivity contribution in [1.82, 2.24) is 0 Å². The lowest BCUT2D eigenvalue weighted by molar-refractivity contribution is 0.0623. The van der Waals surface area contributed by atoms with E-state index in [1.807, 2.05) is 20.8 Å². The van der Waals surface area contributed by atoms with E-state index in [9.17, 15) is 0 Å². The third-order valence-corrected chi connectivity index (χ3v) is 5.70. The zero-order valence-electron chi connectivity index (χ0n) is 12.9. The predicted octanol–water partition coefficient (Wildman–Crippen LogP) is 2.48. The zero-order valence-corrected chi connectivity index (χ0v) is 13.9. The van der Waals surface area contributed by atoms with Crippen LogP contribution in [0, 0.1) is 0 Å². The average Bonchev–Trinajstić information content (AvgIpc) is 2.39. The van der Waals surface area contributed by atoms with E-state index < -0.39 is 8.80 Å². The minimum Gasteiger partial charge on any atom is -0.382 e. The van der Waals surface area contributed by atoms with Gasteiger partial charge in [-0.25, -0.2) is 0 Å². The molecule has 5 nitrogen and oxygen atoms in total. The molecule has 19 heavy (non-hydrogen) atoms. The topological polar surface area (TPSA) is 46.2 Å². The van der Waals surface area contributed by atoms with Gasteiger partial charge in [0.15, 0.2) is 0 Å². The van der Waals surface area contributed by atoms with Crippen LogP contribution >= 0.6 is 0 Å². The SMILES string of the molecule is CCO[Si](CCCCOCCOC)(OCC)OCC. The van der Waals surface area contributed by atoms with Crippen molar-refractivity contribution in [3.05, 3.63) is 0 Å². The lowest BCUT2D eigenvalue weighted by Crippen LogP contribution is -2.45. The van der Waals surface area contributed by atoms with E-state index in [0.717, 1.165) is 25.5 Å². The maximum atomic E-state index is 5.79. The molecule has 0 unspecified atom stereocenters. The number of rotatable bonds is 14. The van der Waals surface area contributed by atoms with Crippen molar-refractivity contribution in [2.24, 2.45) is 0 Å². The number of unbranched alkanes of at least 4 members (excludes halogenated alkanes) is 1. The zero-order chi connectivity index (χ0) is 14.4. The fourth-order valence-corrected chi connectivity index (χ4v) is 4.48. The predicted molar refractivity (Wildman–Crippen MR) is 77.4 cm³/mol. The van der Waals surface area contributed by atoms with Crippen LogP contribution in [-0.2, 0) is 22.8 Å². The van der Waals surface area contributed by atoms with E-state index in [1.165, 1.54) is 0 Å². The molecule has 0 rings (SSSR count). The molecule has 0 amide bonds. The van der Waals surface area contributed by atoms with Crippen molar-refractivity contribution in [3.63, 3.8) is 0 Å². The van der Waals surface area contributed by atoms with E-state index in [1.54, 1.807) is 7.11 Å². The van der Waals surface area contributed by atoms with Gasteiger partial charge in [-0.05, 0) is 33.6 Å². The average molecular weight is 294 g/mol. The first-order valence-corrected chi connectivity index (χ1v) is 9.16. The highest BCUT2D eigenvalue weighted by Gasteiger charge is 2.39. The van der Waals surface area contributed by atoms with Crippen molar-refractivity contribution in [3.8, 4) is 0 Å². The second-order valence-corrected chi connectivity index (χ2v) is 6.78. The molecule has 0 fully saturated rings. The second-order valence-electron chi connectivity index (χ2n) is 4.04. The van der Waals surface area contributed by atoms with Crippen LogP contribution in [0.4, 0.5) is 0 Å². The van der Waals surface area contributed by atoms with E-state index in [-0.39, 0.29) is 0 Å². The first-order chi connectivity index (χ1) is 9.24. The van der Waals surface area contributed by atoms with Gasteiger partial charge in [0.2, 0.25) is 0 Å². The number of hydrogen-bond acceptors (Lipinski definition) is 5. The Hall–Kier alpha value is 0.0169. The van der Waals surface area contributed by atoms with Gasteiger partial charge >= 0.3 is 8.80 Å². The van der Waals surface area contributed by atoms with Crippen LogP contribution in [0.3, 0.4) is 0 Å². The molecule has 0 spiro atoms. The fourth-order valence-electron chi connectivity index (χ4n) is 1.79. The Labute approximate surface area is 118 Å². The molecule has 0 saturated heterocycles. The molecule has 0 aliphatic heterocycles. The van der Waals surface area contributed by atoms with E-state index in [2.05, 4.69) is 0 Å². The summed E-state index contributed by atoms with van der Waals surface area (Å²) in [6, 6.07) is 0.857. The lowest BCUT2D eigenvalue weighted by Gasteiger charge is -2.28. The molecule has 0 aromatic rings. The Balaban J connectivity index is 3.89. The summed E-state index contributed by atoms with van der Waals surface area (Å²) in [5.41, 5.74) is 0. The summed E-state index contributed by atoms with van der Waals surface area (Å²) >= 11 is 0. The Morgan fingerprint density at radius 2 is 1.32 bits per heavy atom. The van der Waals surface area contributed by atoms with Crippen molar-refractivity contribution in [1.29, 1.82) is 0 Å². The molecule has 116 valence electrons. The number of ether oxygens (including phenoxy) is 2. The van der Waals surface area contributed by atoms with Crippen LogP contribution in [0.5, 0.6) is 0 Å². The molecule has 0 N–H and O–H groups in total. The molecule has 0 heterocycles. The van der Waals surface area contributed by atoms with Crippen molar-refractivity contribution in [2.75, 3.05) is 46.8 Å². The summed E-state index contributed by atoms with van der Waals surface area (Å²) in [5, 5.41) is 0. The summed E-state index contributed by atoms with van der Waals surface area (Å²) in [4.78, 5) is 0. The quantitative estimate of drug-likeness (QED) is 0.364. The third kappa shape index (κ3) is 9.54. The first-order valence-electron chi connectivity index (χ1n) is 7.23. The smallest absolute Gasteiger partial charge is 0.382 e. The molecule has 0 radical (unpaired) electrons. The molecular weight excluding hydrogens is 264 g/mol. The molecule has 6 heteroatoms. The van der Waals surface area contributed by atoms with Gasteiger partial charge in [-0.3, -0.25) is 0 Å². The van der Waals surface area contributed by atoms with Gasteiger partial charge in [0.05, 0.1) is 13.2 Å². The Morgan fingerprint density at radius 1 is 0.737 bits per heavy atom. The molecule has 0 atom stereocenters. The largest absolute Gasteiger partial charge is 0.500 e. The molecule has 0 aromatic carbocycles. The summed E-state index contributed by atoms with van der Waals surface area (Å²) < 4.78 is 27.7. The highest BCUT2D eigenvalue weighted by atomic mass is 28.4. The molecule has 0 aromatic heterocycles. The number of methoxy groups -OCH3 is 1. The van der Waals surface area contributed by atoms with Gasteiger partial charge in [-0.2, -0.15) is 0 Å². The van der Waals surface area contributed by atoms with Crippen LogP contribution in [-0.4, -0.2) is 55.6 Å². The van der Waals surface area contributed by atoms with Crippen LogP contribution in [0.2, 0.25) is 6.04 Å². The second kappa shape index (κ2) is 13.0. The monoisotopic (exact) mass is 294 g/mol. The molecule has 0 aliphatic carbocycles. The summed E-state index contributed by atoms with van der Waals surface area (Å²) in [6.45, 7) is 9.90. The third-order valence-electron chi connectivity index (χ3n) is 2.55. The minimum absolute atomic E-state index is 0.635. The Bertz CT molecular complexity index is 175. The minimum atomic E-state index is -2.45. The fraction of sp³-hybridized carbons (Fsp3) is 1.00. The standard InChI is InChI=1S/C13H30O5Si/c1-5-16-19(17-6-2,18-7-3)13-9-8-10-15-12-11-14-4/h5-13H2,1-4H3. The molecular formula is C13H30O5Si. The maximum absolute atomic E-state index is 5.79. The van der Waals surface area contributed by atoms with E-state index in [0.29, 0.717) is 33.0 Å². The highest BCUT2D eigenvalue weighted by Crippen LogP contribution is 2.19. The number of hydrogen-bond donors (Lipinski definition) is 0. The summed E-state index contributed by atoms with van der Waals surface area (Å²) in [6.07, 6.45) is 1.99. The van der Waals surface area contributed by atoms with Crippen LogP contribution in [0.25, 0.3) is 0 Å². The van der Waals surface area contributed by atoms with E-state index >= 15 is 0 Å². The van der Waals surface area contributed by atoms with Gasteiger partial charge in [-0.1, -0.05) is 0 Å². The Kier molecular flexibility index (Phi) is 13.0. The maximum Gasteiger partial charge on any atom is 0.500 e. The Morgan fingerprint density at radius 3 is 1.79 bits per heavy atom. The molecule has 0 bridgehead atoms. The normalized spacial score (nSPS) is 12.0. The van der Waals surface area contributed by atoms with Gasteiger partial charge in [-0.15, -0.1) is 0 Å². The highest BCUT2D eigenvalue weighted by molar-refractivity contribution is 6.60. The molecule has 0 aliphatic rings. The van der Waals surface area contributed by atoms with E-state index in [4.69, 9.17) is 22.8 Å². The van der Waals surface area contributed by atoms with Crippen molar-refractivity contribution >= 4 is 8.80 Å². The first kappa shape index (κ1) is 19.0. The van der Waals surface area contributed by atoms with Gasteiger partial charge in [0.1, 0.15) is 0 Å². The van der Waals surface area contributed by atoms with Crippen LogP contribution in [0.15, 0.2) is 0 Å². The lowest BCUT2D eigenvalue weighted by atomic mass is 10.4.